The van der Waals surface area contributed by atoms with Crippen LogP contribution in [0.3, 0.4) is 0 Å². The number of benzene rings is 5. The Kier molecular flexibility index (Phi) is 7.82. The van der Waals surface area contributed by atoms with Crippen molar-refractivity contribution in [3.8, 4) is 11.3 Å². The lowest BCUT2D eigenvalue weighted by molar-refractivity contribution is 0.0935. The van der Waals surface area contributed by atoms with Crippen molar-refractivity contribution >= 4 is 27.7 Å². The summed E-state index contributed by atoms with van der Waals surface area (Å²) in [4.78, 5) is 21.2. The van der Waals surface area contributed by atoms with Gasteiger partial charge in [-0.05, 0) is 59.5 Å². The Balaban J connectivity index is 1.30. The number of nitrogens with one attached hydrogen (secondary N) is 2. The van der Waals surface area contributed by atoms with Gasteiger partial charge >= 0.3 is 0 Å². The molecule has 1 amide bonds. The van der Waals surface area contributed by atoms with E-state index < -0.39 is 5.41 Å². The summed E-state index contributed by atoms with van der Waals surface area (Å²) in [5, 5.41) is 10.4. The van der Waals surface area contributed by atoms with Crippen LogP contribution in [0.1, 0.15) is 45.7 Å². The third-order valence-corrected chi connectivity index (χ3v) is 9.52. The lowest BCUT2D eigenvalue weighted by Crippen LogP contribution is -2.35. The predicted molar refractivity (Wildman–Crippen MR) is 196 cm³/mol. The molecule has 2 N–H and O–H groups in total. The Morgan fingerprint density at radius 1 is 0.735 bits per heavy atom. The summed E-state index contributed by atoms with van der Waals surface area (Å²) in [5.74, 6) is -0.149. The van der Waals surface area contributed by atoms with Crippen molar-refractivity contribution < 1.29 is 4.79 Å². The van der Waals surface area contributed by atoms with Crippen LogP contribution in [0.15, 0.2) is 164 Å². The van der Waals surface area contributed by atoms with Gasteiger partial charge in [-0.2, -0.15) is 5.10 Å². The van der Waals surface area contributed by atoms with Crippen LogP contribution in [0.5, 0.6) is 0 Å². The number of nitrogens with zero attached hydrogens (tertiary/aromatic N) is 3. The molecule has 0 radical (unpaired) electrons. The maximum absolute atomic E-state index is 13.5. The minimum atomic E-state index is -0.554. The molecule has 6 nitrogen and oxygen atoms in total. The van der Waals surface area contributed by atoms with E-state index in [2.05, 4.69) is 123 Å². The molecule has 0 aliphatic heterocycles. The van der Waals surface area contributed by atoms with Gasteiger partial charge < -0.3 is 10.3 Å². The van der Waals surface area contributed by atoms with E-state index in [0.29, 0.717) is 12.2 Å². The van der Waals surface area contributed by atoms with E-state index >= 15 is 0 Å². The molecule has 49 heavy (non-hydrogen) atoms. The molecule has 0 saturated heterocycles. The number of fused-ring (bicyclic) bond motifs is 2. The molecule has 0 aliphatic rings. The summed E-state index contributed by atoms with van der Waals surface area (Å²) in [6, 6.07) is 52.1. The van der Waals surface area contributed by atoms with E-state index in [1.807, 2.05) is 55.5 Å². The van der Waals surface area contributed by atoms with Gasteiger partial charge in [-0.1, -0.05) is 121 Å². The predicted octanol–water partition coefficient (Wildman–Crippen LogP) is 9.11. The molecule has 0 saturated carbocycles. The summed E-state index contributed by atoms with van der Waals surface area (Å²) in [5.41, 5.74) is 8.23. The first kappa shape index (κ1) is 30.1. The highest BCUT2D eigenvalue weighted by Gasteiger charge is 2.38. The highest BCUT2D eigenvalue weighted by molar-refractivity contribution is 6.05. The normalized spacial score (nSPS) is 12.3. The molecule has 238 valence electrons. The fourth-order valence-electron chi connectivity index (χ4n) is 7.03. The summed E-state index contributed by atoms with van der Waals surface area (Å²) in [6.07, 6.45) is 3.60. The van der Waals surface area contributed by atoms with E-state index in [1.54, 1.807) is 12.4 Å². The van der Waals surface area contributed by atoms with Gasteiger partial charge in [-0.25, -0.2) is 0 Å². The average Bonchev–Trinajstić information content (AvgIpc) is 3.75. The lowest BCUT2D eigenvalue weighted by Gasteiger charge is -2.36. The second-order valence-electron chi connectivity index (χ2n) is 12.5. The maximum atomic E-state index is 13.5. The molecule has 0 spiro atoms. The number of amides is 1. The van der Waals surface area contributed by atoms with Crippen molar-refractivity contribution in [2.75, 3.05) is 0 Å². The topological polar surface area (TPSA) is 75.6 Å². The molecule has 0 aliphatic carbocycles. The third kappa shape index (κ3) is 5.57. The molecule has 3 aromatic heterocycles. The number of aromatic amines is 1. The summed E-state index contributed by atoms with van der Waals surface area (Å²) < 4.78 is 2.13. The third-order valence-electron chi connectivity index (χ3n) is 9.52. The Bertz CT molecular complexity index is 2250. The molecule has 1 atom stereocenters. The van der Waals surface area contributed by atoms with Crippen LogP contribution in [0, 0.1) is 0 Å². The maximum Gasteiger partial charge on any atom is 0.268 e. The van der Waals surface area contributed by atoms with Gasteiger partial charge in [0.15, 0.2) is 0 Å². The first-order chi connectivity index (χ1) is 24.1. The number of carbonyl (C=O) groups excluding carboxylic acids is 1. The summed E-state index contributed by atoms with van der Waals surface area (Å²) in [6.45, 7) is 2.54. The Labute approximate surface area is 285 Å². The number of pyridine rings is 1. The average molecular weight is 638 g/mol. The Morgan fingerprint density at radius 3 is 1.86 bits per heavy atom. The van der Waals surface area contributed by atoms with E-state index in [0.717, 1.165) is 38.6 Å². The molecule has 3 heterocycles. The zero-order valence-electron chi connectivity index (χ0n) is 27.1. The van der Waals surface area contributed by atoms with Gasteiger partial charge in [0.25, 0.3) is 5.91 Å². The van der Waals surface area contributed by atoms with E-state index in [9.17, 15) is 4.79 Å². The molecule has 0 unspecified atom stereocenters. The molecule has 0 fully saturated rings. The van der Waals surface area contributed by atoms with Crippen LogP contribution in [-0.4, -0.2) is 25.7 Å². The summed E-state index contributed by atoms with van der Waals surface area (Å²) in [7, 11) is 0. The lowest BCUT2D eigenvalue weighted by atomic mass is 9.69. The van der Waals surface area contributed by atoms with Crippen LogP contribution in [0.4, 0.5) is 0 Å². The van der Waals surface area contributed by atoms with Crippen LogP contribution >= 0.6 is 0 Å². The van der Waals surface area contributed by atoms with Crippen LogP contribution in [0.2, 0.25) is 0 Å². The second-order valence-corrected chi connectivity index (χ2v) is 12.5. The van der Waals surface area contributed by atoms with Crippen molar-refractivity contribution in [1.29, 1.82) is 0 Å². The monoisotopic (exact) mass is 637 g/mol. The van der Waals surface area contributed by atoms with Gasteiger partial charge in [-0.15, -0.1) is 0 Å². The van der Waals surface area contributed by atoms with Gasteiger partial charge in [0.1, 0.15) is 11.4 Å². The number of carbonyl (C=O) groups is 1. The standard InChI is InChI=1S/C43H35N5O/c1-30(31-14-6-2-7-15-31)45-42(49)39-27-33-26-37-40(28-38(33)46-39)48(47-41(37)32-22-24-44-25-23-32)29-43(34-16-8-3-9-17-34,35-18-10-4-11-19-35)36-20-12-5-13-21-36/h2-28,30,46H,29H2,1H3,(H,45,49)/t30-/m1/s1. The van der Waals surface area contributed by atoms with Crippen molar-refractivity contribution in [3.63, 3.8) is 0 Å². The van der Waals surface area contributed by atoms with Crippen LogP contribution < -0.4 is 5.32 Å². The zero-order valence-corrected chi connectivity index (χ0v) is 27.1. The minimum absolute atomic E-state index is 0.131. The van der Waals surface area contributed by atoms with Crippen molar-refractivity contribution in [2.24, 2.45) is 0 Å². The molecule has 8 aromatic rings. The van der Waals surface area contributed by atoms with Crippen LogP contribution in [0.25, 0.3) is 33.1 Å². The highest BCUT2D eigenvalue weighted by Crippen LogP contribution is 2.42. The van der Waals surface area contributed by atoms with E-state index in [1.165, 1.54) is 16.7 Å². The fraction of sp³-hybridized carbons (Fsp3) is 0.0930. The van der Waals surface area contributed by atoms with Gasteiger partial charge in [0.2, 0.25) is 0 Å². The van der Waals surface area contributed by atoms with Gasteiger partial charge in [-0.3, -0.25) is 14.5 Å². The number of hydrogen-bond acceptors (Lipinski definition) is 3. The number of H-pyrrole nitrogens is 1. The number of aromatic nitrogens is 4. The number of rotatable bonds is 9. The number of hydrogen-bond donors (Lipinski definition) is 2. The van der Waals surface area contributed by atoms with E-state index in [4.69, 9.17) is 5.10 Å². The van der Waals surface area contributed by atoms with Crippen molar-refractivity contribution in [1.82, 2.24) is 25.1 Å². The second kappa shape index (κ2) is 12.7. The summed E-state index contributed by atoms with van der Waals surface area (Å²) >= 11 is 0. The Hall–Kier alpha value is -6.27. The SMILES string of the molecule is C[C@@H](NC(=O)c1cc2cc3c(-c4ccncc4)nn(CC(c4ccccc4)(c4ccccc4)c4ccccc4)c3cc2[nH]1)c1ccccc1. The van der Waals surface area contributed by atoms with Gasteiger partial charge in [0.05, 0.1) is 23.5 Å². The fourth-order valence-corrected chi connectivity index (χ4v) is 7.03. The molecule has 0 bridgehead atoms. The molecule has 6 heteroatoms. The molecular formula is C43H35N5O. The molecule has 8 rings (SSSR count). The molecule has 5 aromatic carbocycles. The first-order valence-corrected chi connectivity index (χ1v) is 16.6. The van der Waals surface area contributed by atoms with Crippen molar-refractivity contribution in [3.05, 3.63) is 192 Å². The highest BCUT2D eigenvalue weighted by atomic mass is 16.1. The largest absolute Gasteiger partial charge is 0.350 e. The minimum Gasteiger partial charge on any atom is -0.350 e. The smallest absolute Gasteiger partial charge is 0.268 e. The zero-order chi connectivity index (χ0) is 33.2. The van der Waals surface area contributed by atoms with Gasteiger partial charge in [0, 0.05) is 34.2 Å². The first-order valence-electron chi connectivity index (χ1n) is 16.6. The van der Waals surface area contributed by atoms with E-state index in [-0.39, 0.29) is 11.9 Å². The Morgan fingerprint density at radius 2 is 1.29 bits per heavy atom. The van der Waals surface area contributed by atoms with Crippen LogP contribution in [-0.2, 0) is 12.0 Å². The quantitative estimate of drug-likeness (QED) is 0.155. The molecular weight excluding hydrogens is 603 g/mol. The van der Waals surface area contributed by atoms with Crippen molar-refractivity contribution in [2.45, 2.75) is 24.9 Å².